The first kappa shape index (κ1) is 14.5. The van der Waals surface area contributed by atoms with Gasteiger partial charge in [0, 0.05) is 19.0 Å². The first-order valence-corrected chi connectivity index (χ1v) is 7.85. The summed E-state index contributed by atoms with van der Waals surface area (Å²) in [4.78, 5) is 35.1. The van der Waals surface area contributed by atoms with Gasteiger partial charge in [-0.05, 0) is 24.3 Å². The van der Waals surface area contributed by atoms with E-state index in [1.54, 1.807) is 18.3 Å². The molecule has 5 heteroatoms. The van der Waals surface area contributed by atoms with Gasteiger partial charge in [-0.3, -0.25) is 19.5 Å². The van der Waals surface area contributed by atoms with Crippen LogP contribution in [0.25, 0.3) is 11.0 Å². The minimum atomic E-state index is -0.381. The van der Waals surface area contributed by atoms with E-state index in [4.69, 9.17) is 0 Å². The topological polar surface area (TPSA) is 63.2 Å². The van der Waals surface area contributed by atoms with E-state index in [9.17, 15) is 9.59 Å². The highest BCUT2D eigenvalue weighted by atomic mass is 16.2. The van der Waals surface area contributed by atoms with Crippen molar-refractivity contribution in [2.24, 2.45) is 5.92 Å². The highest BCUT2D eigenvalue weighted by Crippen LogP contribution is 2.28. The molecule has 1 unspecified atom stereocenters. The zero-order valence-corrected chi connectivity index (χ0v) is 12.9. The molecule has 118 valence electrons. The van der Waals surface area contributed by atoms with E-state index in [-0.39, 0.29) is 24.2 Å². The molecule has 2 amide bonds. The SMILES string of the molecule is O=C1CC(Cc2cnc3ccccc3n2)C(=O)N1c1ccccc1. The predicted molar refractivity (Wildman–Crippen MR) is 90.3 cm³/mol. The van der Waals surface area contributed by atoms with Crippen molar-refractivity contribution in [2.45, 2.75) is 12.8 Å². The number of para-hydroxylation sites is 3. The Morgan fingerprint density at radius 2 is 1.67 bits per heavy atom. The highest BCUT2D eigenvalue weighted by Gasteiger charge is 2.39. The number of fused-ring (bicyclic) bond motifs is 1. The fourth-order valence-corrected chi connectivity index (χ4v) is 3.05. The zero-order valence-electron chi connectivity index (χ0n) is 12.9. The molecule has 1 atom stereocenters. The molecular weight excluding hydrogens is 302 g/mol. The van der Waals surface area contributed by atoms with E-state index in [2.05, 4.69) is 9.97 Å². The van der Waals surface area contributed by atoms with Crippen molar-refractivity contribution in [3.63, 3.8) is 0 Å². The zero-order chi connectivity index (χ0) is 16.5. The standard InChI is InChI=1S/C19H15N3O2/c23-18-11-13(19(24)22(18)15-6-2-1-3-7-15)10-14-12-20-16-8-4-5-9-17(16)21-14/h1-9,12-13H,10-11H2. The summed E-state index contributed by atoms with van der Waals surface area (Å²) in [5, 5.41) is 0. The van der Waals surface area contributed by atoms with Gasteiger partial charge in [0.1, 0.15) is 0 Å². The number of carbonyl (C=O) groups is 2. The summed E-state index contributed by atoms with van der Waals surface area (Å²) in [6.07, 6.45) is 2.32. The van der Waals surface area contributed by atoms with Crippen LogP contribution in [-0.4, -0.2) is 21.8 Å². The maximum Gasteiger partial charge on any atom is 0.237 e. The molecule has 1 aliphatic rings. The van der Waals surface area contributed by atoms with Crippen molar-refractivity contribution in [3.8, 4) is 0 Å². The number of hydrogen-bond donors (Lipinski definition) is 0. The molecule has 0 saturated carbocycles. The molecule has 1 aromatic heterocycles. The van der Waals surface area contributed by atoms with Crippen LogP contribution in [0.5, 0.6) is 0 Å². The lowest BCUT2D eigenvalue weighted by molar-refractivity contribution is -0.122. The molecule has 3 aromatic rings. The van der Waals surface area contributed by atoms with Gasteiger partial charge in [-0.25, -0.2) is 4.98 Å². The number of hydrogen-bond acceptors (Lipinski definition) is 4. The van der Waals surface area contributed by atoms with Gasteiger partial charge in [0.15, 0.2) is 0 Å². The molecule has 4 rings (SSSR count). The number of aromatic nitrogens is 2. The molecule has 24 heavy (non-hydrogen) atoms. The predicted octanol–water partition coefficient (Wildman–Crippen LogP) is 2.75. The number of imide groups is 1. The van der Waals surface area contributed by atoms with Crippen molar-refractivity contribution in [3.05, 3.63) is 66.5 Å². The molecule has 0 bridgehead atoms. The largest absolute Gasteiger partial charge is 0.274 e. The van der Waals surface area contributed by atoms with Gasteiger partial charge in [0.05, 0.1) is 28.3 Å². The van der Waals surface area contributed by atoms with Crippen LogP contribution < -0.4 is 4.90 Å². The van der Waals surface area contributed by atoms with Crippen molar-refractivity contribution in [2.75, 3.05) is 4.90 Å². The van der Waals surface area contributed by atoms with Crippen LogP contribution in [0, 0.1) is 5.92 Å². The summed E-state index contributed by atoms with van der Waals surface area (Å²) in [6.45, 7) is 0. The molecule has 0 aliphatic carbocycles. The van der Waals surface area contributed by atoms with E-state index >= 15 is 0 Å². The van der Waals surface area contributed by atoms with Gasteiger partial charge < -0.3 is 0 Å². The summed E-state index contributed by atoms with van der Waals surface area (Å²) in [6, 6.07) is 16.6. The summed E-state index contributed by atoms with van der Waals surface area (Å²) >= 11 is 0. The molecular formula is C19H15N3O2. The Hall–Kier alpha value is -3.08. The molecule has 1 fully saturated rings. The lowest BCUT2D eigenvalue weighted by atomic mass is 10.0. The van der Waals surface area contributed by atoms with Gasteiger partial charge in [-0.15, -0.1) is 0 Å². The number of nitrogens with zero attached hydrogens (tertiary/aromatic N) is 3. The van der Waals surface area contributed by atoms with Gasteiger partial charge in [-0.1, -0.05) is 30.3 Å². The summed E-state index contributed by atoms with van der Waals surface area (Å²) in [7, 11) is 0. The van der Waals surface area contributed by atoms with E-state index in [0.29, 0.717) is 12.1 Å². The van der Waals surface area contributed by atoms with Gasteiger partial charge >= 0.3 is 0 Å². The van der Waals surface area contributed by atoms with Crippen LogP contribution in [-0.2, 0) is 16.0 Å². The Kier molecular flexibility index (Phi) is 3.54. The number of carbonyl (C=O) groups excluding carboxylic acids is 2. The quantitative estimate of drug-likeness (QED) is 0.697. The first-order valence-electron chi connectivity index (χ1n) is 7.85. The molecule has 0 radical (unpaired) electrons. The van der Waals surface area contributed by atoms with Crippen LogP contribution in [0.15, 0.2) is 60.8 Å². The highest BCUT2D eigenvalue weighted by molar-refractivity contribution is 6.20. The van der Waals surface area contributed by atoms with E-state index in [1.165, 1.54) is 4.90 Å². The Bertz CT molecular complexity index is 924. The molecule has 0 spiro atoms. The van der Waals surface area contributed by atoms with Crippen molar-refractivity contribution in [1.82, 2.24) is 9.97 Å². The Morgan fingerprint density at radius 1 is 0.958 bits per heavy atom. The smallest absolute Gasteiger partial charge is 0.237 e. The van der Waals surface area contributed by atoms with Crippen molar-refractivity contribution < 1.29 is 9.59 Å². The maximum absolute atomic E-state index is 12.6. The molecule has 5 nitrogen and oxygen atoms in total. The van der Waals surface area contributed by atoms with Gasteiger partial charge in [0.2, 0.25) is 11.8 Å². The number of rotatable bonds is 3. The average molecular weight is 317 g/mol. The lowest BCUT2D eigenvalue weighted by Gasteiger charge is -2.14. The van der Waals surface area contributed by atoms with Crippen LogP contribution in [0.1, 0.15) is 12.1 Å². The van der Waals surface area contributed by atoms with Crippen molar-refractivity contribution >= 4 is 28.5 Å². The summed E-state index contributed by atoms with van der Waals surface area (Å²) in [5.74, 6) is -0.709. The molecule has 2 heterocycles. The van der Waals surface area contributed by atoms with E-state index in [1.807, 2.05) is 42.5 Å². The number of benzene rings is 2. The van der Waals surface area contributed by atoms with Gasteiger partial charge in [0.25, 0.3) is 0 Å². The van der Waals surface area contributed by atoms with Crippen LogP contribution >= 0.6 is 0 Å². The average Bonchev–Trinajstić information content (AvgIpc) is 2.89. The van der Waals surface area contributed by atoms with Gasteiger partial charge in [-0.2, -0.15) is 0 Å². The van der Waals surface area contributed by atoms with Crippen LogP contribution in [0.2, 0.25) is 0 Å². The Balaban J connectivity index is 1.58. The summed E-state index contributed by atoms with van der Waals surface area (Å²) in [5.41, 5.74) is 2.97. The Morgan fingerprint density at radius 3 is 2.46 bits per heavy atom. The second-order valence-corrected chi connectivity index (χ2v) is 5.86. The Labute approximate surface area is 139 Å². The summed E-state index contributed by atoms with van der Waals surface area (Å²) < 4.78 is 0. The van der Waals surface area contributed by atoms with Crippen LogP contribution in [0.3, 0.4) is 0 Å². The third-order valence-corrected chi connectivity index (χ3v) is 4.21. The molecule has 0 N–H and O–H groups in total. The third-order valence-electron chi connectivity index (χ3n) is 4.21. The number of amides is 2. The lowest BCUT2D eigenvalue weighted by Crippen LogP contribution is -2.30. The normalized spacial score (nSPS) is 17.7. The second-order valence-electron chi connectivity index (χ2n) is 5.86. The molecule has 2 aromatic carbocycles. The molecule has 1 saturated heterocycles. The molecule has 1 aliphatic heterocycles. The maximum atomic E-state index is 12.6. The van der Waals surface area contributed by atoms with E-state index < -0.39 is 0 Å². The fourth-order valence-electron chi connectivity index (χ4n) is 3.05. The van der Waals surface area contributed by atoms with Crippen LogP contribution in [0.4, 0.5) is 5.69 Å². The number of anilines is 1. The monoisotopic (exact) mass is 317 g/mol. The third kappa shape index (κ3) is 2.54. The second kappa shape index (κ2) is 5.85. The fraction of sp³-hybridized carbons (Fsp3) is 0.158. The van der Waals surface area contributed by atoms with Crippen molar-refractivity contribution in [1.29, 1.82) is 0 Å². The van der Waals surface area contributed by atoms with E-state index in [0.717, 1.165) is 16.7 Å². The minimum absolute atomic E-state index is 0.162. The first-order chi connectivity index (χ1) is 11.7. The minimum Gasteiger partial charge on any atom is -0.274 e.